The van der Waals surface area contributed by atoms with Crippen LogP contribution in [0.5, 0.6) is 0 Å². The van der Waals surface area contributed by atoms with Crippen molar-refractivity contribution in [2.75, 3.05) is 34.3 Å². The summed E-state index contributed by atoms with van der Waals surface area (Å²) in [4.78, 5) is 10.3. The molecule has 0 saturated carbocycles. The highest BCUT2D eigenvalue weighted by Gasteiger charge is 2.06. The zero-order valence-electron chi connectivity index (χ0n) is 8.67. The van der Waals surface area contributed by atoms with E-state index in [4.69, 9.17) is 4.74 Å². The third-order valence-electron chi connectivity index (χ3n) is 1.07. The van der Waals surface area contributed by atoms with E-state index >= 15 is 0 Å². The van der Waals surface area contributed by atoms with Crippen LogP contribution in [0.4, 0.5) is 0 Å². The van der Waals surface area contributed by atoms with Crippen LogP contribution in [0.15, 0.2) is 0 Å². The summed E-state index contributed by atoms with van der Waals surface area (Å²) in [7, 11) is 6.18. The van der Waals surface area contributed by atoms with Crippen molar-refractivity contribution in [3.8, 4) is 0 Å². The second-order valence-electron chi connectivity index (χ2n) is 3.35. The van der Waals surface area contributed by atoms with Gasteiger partial charge >= 0.3 is 5.97 Å². The lowest BCUT2D eigenvalue weighted by Crippen LogP contribution is -3.00. The highest BCUT2D eigenvalue weighted by atomic mass is 79.9. The summed E-state index contributed by atoms with van der Waals surface area (Å²) in [6.45, 7) is 2.80. The van der Waals surface area contributed by atoms with Crippen LogP contribution in [-0.2, 0) is 9.53 Å². The predicted octanol–water partition coefficient (Wildman–Crippen LogP) is -2.10. The van der Waals surface area contributed by atoms with E-state index in [1.165, 1.54) is 6.92 Å². The van der Waals surface area contributed by atoms with Gasteiger partial charge in [0.2, 0.25) is 0 Å². The van der Waals surface area contributed by atoms with Crippen LogP contribution in [0.3, 0.4) is 0 Å². The minimum Gasteiger partial charge on any atom is -1.00 e. The number of ether oxygens (including phenoxy) is 1. The van der Waals surface area contributed by atoms with Crippen LogP contribution in [0.1, 0.15) is 6.92 Å². The average molecular weight is 341 g/mol. The number of likely N-dealkylation sites (N-methyl/N-ethyl adjacent to an activating group) is 1. The first-order valence-corrected chi connectivity index (χ1v) is 3.35. The maximum Gasteiger partial charge on any atom is 0.302 e. The SMILES string of the molecule is Br.CC(=O)OCC[N+](C)(C)C.P.[Br-]. The van der Waals surface area contributed by atoms with E-state index in [0.29, 0.717) is 6.61 Å². The fourth-order valence-corrected chi connectivity index (χ4v) is 0.463. The summed E-state index contributed by atoms with van der Waals surface area (Å²) >= 11 is 0. The molecule has 0 saturated heterocycles. The number of quaternary nitrogens is 1. The molecule has 0 spiro atoms. The highest BCUT2D eigenvalue weighted by molar-refractivity contribution is 8.93. The minimum atomic E-state index is -0.201. The van der Waals surface area contributed by atoms with Crippen molar-refractivity contribution in [3.05, 3.63) is 0 Å². The van der Waals surface area contributed by atoms with Gasteiger partial charge in [0.15, 0.2) is 0 Å². The molecule has 0 N–H and O–H groups in total. The summed E-state index contributed by atoms with van der Waals surface area (Å²) < 4.78 is 5.59. The number of esters is 1. The van der Waals surface area contributed by atoms with Gasteiger partial charge in [-0.1, -0.05) is 0 Å². The third kappa shape index (κ3) is 24.5. The van der Waals surface area contributed by atoms with Crippen LogP contribution >= 0.6 is 26.9 Å². The van der Waals surface area contributed by atoms with Gasteiger partial charge in [-0.15, -0.1) is 17.0 Å². The molecule has 0 amide bonds. The molecule has 0 radical (unpaired) electrons. The van der Waals surface area contributed by atoms with Crippen LogP contribution in [-0.4, -0.2) is 44.7 Å². The van der Waals surface area contributed by atoms with E-state index < -0.39 is 0 Å². The Hall–Kier alpha value is 0.820. The molecule has 0 aliphatic carbocycles. The first-order chi connectivity index (χ1) is 4.42. The zero-order chi connectivity index (χ0) is 8.20. The van der Waals surface area contributed by atoms with Gasteiger partial charge < -0.3 is 26.2 Å². The topological polar surface area (TPSA) is 26.3 Å². The van der Waals surface area contributed by atoms with E-state index in [1.54, 1.807) is 0 Å². The number of carbonyl (C=O) groups is 1. The molecule has 1 atom stereocenters. The number of nitrogens with zero attached hydrogens (tertiary/aromatic N) is 1. The van der Waals surface area contributed by atoms with Gasteiger partial charge in [0.25, 0.3) is 0 Å². The summed E-state index contributed by atoms with van der Waals surface area (Å²) in [5.74, 6) is -0.201. The summed E-state index contributed by atoms with van der Waals surface area (Å²) in [5.41, 5.74) is 0. The molecule has 0 bridgehead atoms. The number of halogens is 2. The molecule has 0 aromatic rings. The van der Waals surface area contributed by atoms with Gasteiger partial charge in [0, 0.05) is 6.92 Å². The Morgan fingerprint density at radius 2 is 1.69 bits per heavy atom. The second kappa shape index (κ2) is 10.9. The molecule has 0 aromatic carbocycles. The maximum absolute atomic E-state index is 10.3. The van der Waals surface area contributed by atoms with Crippen molar-refractivity contribution in [3.63, 3.8) is 0 Å². The van der Waals surface area contributed by atoms with Crippen molar-refractivity contribution < 1.29 is 31.0 Å². The predicted molar refractivity (Wildman–Crippen MR) is 61.0 cm³/mol. The fourth-order valence-electron chi connectivity index (χ4n) is 0.463. The molecule has 0 rings (SSSR count). The van der Waals surface area contributed by atoms with E-state index in [-0.39, 0.29) is 49.8 Å². The Morgan fingerprint density at radius 1 is 1.31 bits per heavy atom. The molecular weight excluding hydrogens is 321 g/mol. The van der Waals surface area contributed by atoms with Crippen LogP contribution in [0.25, 0.3) is 0 Å². The first-order valence-electron chi connectivity index (χ1n) is 3.35. The largest absolute Gasteiger partial charge is 1.00 e. The lowest BCUT2D eigenvalue weighted by Gasteiger charge is -2.23. The molecule has 3 nitrogen and oxygen atoms in total. The molecule has 6 heteroatoms. The normalized spacial score (nSPS) is 8.62. The third-order valence-corrected chi connectivity index (χ3v) is 1.07. The summed E-state index contributed by atoms with van der Waals surface area (Å²) in [6.07, 6.45) is 0. The Bertz CT molecular complexity index is 128. The van der Waals surface area contributed by atoms with Gasteiger partial charge in [-0.05, 0) is 0 Å². The Labute approximate surface area is 105 Å². The molecule has 84 valence electrons. The van der Waals surface area contributed by atoms with E-state index in [2.05, 4.69) is 21.1 Å². The zero-order valence-corrected chi connectivity index (χ0v) is 13.4. The number of rotatable bonds is 3. The Balaban J connectivity index is -0.000000135. The summed E-state index contributed by atoms with van der Waals surface area (Å²) in [6, 6.07) is 0. The summed E-state index contributed by atoms with van der Waals surface area (Å²) in [5, 5.41) is 0. The molecule has 13 heavy (non-hydrogen) atoms. The van der Waals surface area contributed by atoms with Crippen molar-refractivity contribution in [1.29, 1.82) is 0 Å². The molecular formula is C7H20Br2NO2P. The van der Waals surface area contributed by atoms with Gasteiger partial charge in [0.05, 0.1) is 21.1 Å². The number of hydrogen-bond acceptors (Lipinski definition) is 2. The lowest BCUT2D eigenvalue weighted by molar-refractivity contribution is -0.870. The second-order valence-corrected chi connectivity index (χ2v) is 3.35. The van der Waals surface area contributed by atoms with Gasteiger partial charge in [-0.2, -0.15) is 9.90 Å². The number of hydrogen-bond donors (Lipinski definition) is 0. The van der Waals surface area contributed by atoms with Crippen LogP contribution in [0, 0.1) is 0 Å². The fraction of sp³-hybridized carbons (Fsp3) is 0.857. The van der Waals surface area contributed by atoms with E-state index in [1.807, 2.05) is 0 Å². The molecule has 0 fully saturated rings. The standard InChI is InChI=1S/C7H16NO2.2BrH.H3P/c1-7(9)10-6-5-8(2,3)4;;;/h5-6H2,1-4H3;2*1H;1H3/q+1;;;/p-1. The van der Waals surface area contributed by atoms with Gasteiger partial charge in [-0.25, -0.2) is 0 Å². The van der Waals surface area contributed by atoms with Gasteiger partial charge in [0.1, 0.15) is 13.2 Å². The van der Waals surface area contributed by atoms with Crippen molar-refractivity contribution in [1.82, 2.24) is 0 Å². The Morgan fingerprint density at radius 3 is 1.92 bits per heavy atom. The minimum absolute atomic E-state index is 0. The van der Waals surface area contributed by atoms with Crippen molar-refractivity contribution in [2.45, 2.75) is 6.92 Å². The highest BCUT2D eigenvalue weighted by Crippen LogP contribution is 1.88. The molecule has 0 aliphatic rings. The lowest BCUT2D eigenvalue weighted by atomic mass is 10.5. The van der Waals surface area contributed by atoms with E-state index in [0.717, 1.165) is 11.0 Å². The monoisotopic (exact) mass is 339 g/mol. The first kappa shape index (κ1) is 23.6. The maximum atomic E-state index is 10.3. The quantitative estimate of drug-likeness (QED) is 0.334. The average Bonchev–Trinajstić information content (AvgIpc) is 1.59. The molecule has 1 unspecified atom stereocenters. The molecule has 0 aliphatic heterocycles. The molecule has 0 aromatic heterocycles. The Kier molecular flexibility index (Phi) is 19.7. The van der Waals surface area contributed by atoms with Gasteiger partial charge in [-0.3, -0.25) is 4.79 Å². The van der Waals surface area contributed by atoms with E-state index in [9.17, 15) is 4.79 Å². The van der Waals surface area contributed by atoms with Crippen molar-refractivity contribution >= 4 is 32.8 Å². The van der Waals surface area contributed by atoms with Crippen molar-refractivity contribution in [2.24, 2.45) is 0 Å². The molecule has 0 heterocycles. The van der Waals surface area contributed by atoms with Crippen LogP contribution in [0.2, 0.25) is 0 Å². The number of carbonyl (C=O) groups excluding carboxylic acids is 1. The van der Waals surface area contributed by atoms with Crippen LogP contribution < -0.4 is 17.0 Å². The smallest absolute Gasteiger partial charge is 0.302 e.